The molecule has 1 aromatic carbocycles. The van der Waals surface area contributed by atoms with Crippen LogP contribution in [0.15, 0.2) is 12.1 Å². The summed E-state index contributed by atoms with van der Waals surface area (Å²) in [5.41, 5.74) is 5.16. The van der Waals surface area contributed by atoms with Gasteiger partial charge in [-0.15, -0.1) is 0 Å². The van der Waals surface area contributed by atoms with Crippen LogP contribution in [-0.2, 0) is 0 Å². The van der Waals surface area contributed by atoms with E-state index in [2.05, 4.69) is 4.74 Å². The Morgan fingerprint density at radius 2 is 1.85 bits per heavy atom. The highest BCUT2D eigenvalue weighted by Gasteiger charge is 2.10. The molecule has 0 unspecified atom stereocenters. The number of ether oxygens (including phenoxy) is 1. The summed E-state index contributed by atoms with van der Waals surface area (Å²) in [6, 6.07) is 1.91. The number of nitrogens with two attached hydrogens (primary N) is 1. The summed E-state index contributed by atoms with van der Waals surface area (Å²) in [6.07, 6.45) is 0. The number of aliphatic hydroxyl groups is 1. The van der Waals surface area contributed by atoms with Crippen molar-refractivity contribution in [3.63, 3.8) is 0 Å². The lowest BCUT2D eigenvalue weighted by Gasteiger charge is -2.06. The topological polar surface area (TPSA) is 55.5 Å². The Morgan fingerprint density at radius 3 is 2.31 bits per heavy atom. The van der Waals surface area contributed by atoms with Gasteiger partial charge in [0.2, 0.25) is 0 Å². The third-order valence-electron chi connectivity index (χ3n) is 1.36. The van der Waals surface area contributed by atoms with Crippen molar-refractivity contribution < 1.29 is 18.6 Å². The van der Waals surface area contributed by atoms with Gasteiger partial charge in [0.25, 0.3) is 0 Å². The Bertz CT molecular complexity index is 281. The van der Waals surface area contributed by atoms with Crippen LogP contribution in [0.3, 0.4) is 0 Å². The van der Waals surface area contributed by atoms with E-state index in [1.54, 1.807) is 0 Å². The van der Waals surface area contributed by atoms with Crippen LogP contribution < -0.4 is 10.5 Å². The van der Waals surface area contributed by atoms with E-state index in [-0.39, 0.29) is 18.9 Å². The lowest BCUT2D eigenvalue weighted by molar-refractivity contribution is 0.191. The summed E-state index contributed by atoms with van der Waals surface area (Å²) >= 11 is 0. The van der Waals surface area contributed by atoms with Gasteiger partial charge in [-0.05, 0) is 0 Å². The Kier molecular flexibility index (Phi) is 3.02. The van der Waals surface area contributed by atoms with Crippen LogP contribution in [0.5, 0.6) is 5.75 Å². The van der Waals surface area contributed by atoms with Crippen molar-refractivity contribution in [3.8, 4) is 5.75 Å². The van der Waals surface area contributed by atoms with Crippen molar-refractivity contribution in [2.24, 2.45) is 0 Å². The summed E-state index contributed by atoms with van der Waals surface area (Å²) in [5.74, 6) is -2.25. The number of anilines is 1. The summed E-state index contributed by atoms with van der Waals surface area (Å²) in [4.78, 5) is 0. The highest BCUT2D eigenvalue weighted by atomic mass is 19.1. The lowest BCUT2D eigenvalue weighted by atomic mass is 10.3. The Morgan fingerprint density at radius 1 is 1.31 bits per heavy atom. The average Bonchev–Trinajstić information content (AvgIpc) is 2.02. The summed E-state index contributed by atoms with van der Waals surface area (Å²) in [7, 11) is 0. The predicted octanol–water partition coefficient (Wildman–Crippen LogP) is 0.918. The number of rotatable bonds is 3. The van der Waals surface area contributed by atoms with Gasteiger partial charge in [-0.2, -0.15) is 0 Å². The van der Waals surface area contributed by atoms with Gasteiger partial charge < -0.3 is 15.6 Å². The van der Waals surface area contributed by atoms with Gasteiger partial charge in [0.05, 0.1) is 6.61 Å². The molecule has 1 aromatic rings. The van der Waals surface area contributed by atoms with Gasteiger partial charge in [0, 0.05) is 17.8 Å². The van der Waals surface area contributed by atoms with Gasteiger partial charge in [-0.25, -0.2) is 8.78 Å². The molecular weight excluding hydrogens is 180 g/mol. The smallest absolute Gasteiger partial charge is 0.190 e. The largest absolute Gasteiger partial charge is 0.485 e. The van der Waals surface area contributed by atoms with Gasteiger partial charge in [0.15, 0.2) is 17.4 Å². The van der Waals surface area contributed by atoms with E-state index in [4.69, 9.17) is 10.8 Å². The Balaban J connectivity index is 2.92. The number of halogens is 2. The molecule has 0 saturated heterocycles. The first-order chi connectivity index (χ1) is 6.15. The second kappa shape index (κ2) is 4.04. The first kappa shape index (κ1) is 9.73. The van der Waals surface area contributed by atoms with E-state index in [1.807, 2.05) is 0 Å². The number of benzene rings is 1. The maximum atomic E-state index is 12.9. The first-order valence-electron chi connectivity index (χ1n) is 3.63. The van der Waals surface area contributed by atoms with Crippen molar-refractivity contribution in [2.75, 3.05) is 18.9 Å². The molecule has 0 radical (unpaired) electrons. The van der Waals surface area contributed by atoms with Gasteiger partial charge >= 0.3 is 0 Å². The molecule has 0 atom stereocenters. The molecule has 0 aromatic heterocycles. The van der Waals surface area contributed by atoms with Crippen molar-refractivity contribution in [1.82, 2.24) is 0 Å². The molecule has 3 N–H and O–H groups in total. The van der Waals surface area contributed by atoms with Gasteiger partial charge in [-0.3, -0.25) is 0 Å². The molecule has 0 heterocycles. The van der Waals surface area contributed by atoms with Crippen molar-refractivity contribution in [3.05, 3.63) is 23.8 Å². The Labute approximate surface area is 73.7 Å². The molecule has 0 saturated carbocycles. The fraction of sp³-hybridized carbons (Fsp3) is 0.250. The van der Waals surface area contributed by atoms with Gasteiger partial charge in [0.1, 0.15) is 6.61 Å². The normalized spacial score (nSPS) is 10.1. The van der Waals surface area contributed by atoms with Crippen LogP contribution in [0.1, 0.15) is 0 Å². The molecule has 0 fully saturated rings. The predicted molar refractivity (Wildman–Crippen MR) is 43.4 cm³/mol. The quantitative estimate of drug-likeness (QED) is 0.695. The second-order valence-electron chi connectivity index (χ2n) is 2.39. The zero-order valence-electron chi connectivity index (χ0n) is 6.76. The van der Waals surface area contributed by atoms with Crippen LogP contribution in [-0.4, -0.2) is 18.3 Å². The molecule has 5 heteroatoms. The molecule has 1 rings (SSSR count). The minimum Gasteiger partial charge on any atom is -0.485 e. The number of aliphatic hydroxyl groups excluding tert-OH is 1. The molecule has 0 aliphatic rings. The third-order valence-corrected chi connectivity index (χ3v) is 1.36. The molecule has 0 amide bonds. The molecule has 13 heavy (non-hydrogen) atoms. The Hall–Kier alpha value is -1.36. The van der Waals surface area contributed by atoms with Crippen molar-refractivity contribution >= 4 is 5.69 Å². The zero-order chi connectivity index (χ0) is 9.84. The molecule has 72 valence electrons. The fourth-order valence-corrected chi connectivity index (χ4v) is 0.865. The maximum Gasteiger partial charge on any atom is 0.190 e. The van der Waals surface area contributed by atoms with E-state index in [0.717, 1.165) is 12.1 Å². The highest BCUT2D eigenvalue weighted by molar-refractivity contribution is 5.44. The van der Waals surface area contributed by atoms with Crippen LogP contribution in [0.2, 0.25) is 0 Å². The first-order valence-corrected chi connectivity index (χ1v) is 3.63. The zero-order valence-corrected chi connectivity index (χ0v) is 6.76. The van der Waals surface area contributed by atoms with E-state index in [9.17, 15) is 8.78 Å². The number of hydrogen-bond acceptors (Lipinski definition) is 3. The molecule has 0 bridgehead atoms. The van der Waals surface area contributed by atoms with Crippen LogP contribution in [0.4, 0.5) is 14.5 Å². The summed E-state index contributed by atoms with van der Waals surface area (Å²) in [6.45, 7) is -0.457. The minimum atomic E-state index is -0.869. The SMILES string of the molecule is Nc1cc(F)c(OCCO)c(F)c1. The van der Waals surface area contributed by atoms with Crippen LogP contribution in [0, 0.1) is 11.6 Å². The molecule has 0 spiro atoms. The number of nitrogen functional groups attached to an aromatic ring is 1. The maximum absolute atomic E-state index is 12.9. The van der Waals surface area contributed by atoms with Crippen LogP contribution >= 0.6 is 0 Å². The van der Waals surface area contributed by atoms with Crippen molar-refractivity contribution in [2.45, 2.75) is 0 Å². The highest BCUT2D eigenvalue weighted by Crippen LogP contribution is 2.23. The fourth-order valence-electron chi connectivity index (χ4n) is 0.865. The van der Waals surface area contributed by atoms with E-state index in [0.29, 0.717) is 0 Å². The molecular formula is C8H9F2NO2. The molecule has 0 aliphatic carbocycles. The van der Waals surface area contributed by atoms with Crippen LogP contribution in [0.25, 0.3) is 0 Å². The average molecular weight is 189 g/mol. The summed E-state index contributed by atoms with van der Waals surface area (Å²) in [5, 5.41) is 8.37. The monoisotopic (exact) mass is 189 g/mol. The van der Waals surface area contributed by atoms with E-state index >= 15 is 0 Å². The third kappa shape index (κ3) is 2.29. The van der Waals surface area contributed by atoms with E-state index in [1.165, 1.54) is 0 Å². The minimum absolute atomic E-state index is 0.00801. The standard InChI is InChI=1S/C8H9F2NO2/c9-6-3-5(11)4-7(10)8(6)13-2-1-12/h3-4,12H,1-2,11H2. The summed E-state index contributed by atoms with van der Waals surface area (Å²) < 4.78 is 30.4. The van der Waals surface area contributed by atoms with Gasteiger partial charge in [-0.1, -0.05) is 0 Å². The second-order valence-corrected chi connectivity index (χ2v) is 2.39. The molecule has 3 nitrogen and oxygen atoms in total. The van der Waals surface area contributed by atoms with E-state index < -0.39 is 17.4 Å². The number of hydrogen-bond donors (Lipinski definition) is 2. The van der Waals surface area contributed by atoms with Crippen molar-refractivity contribution in [1.29, 1.82) is 0 Å². The lowest BCUT2D eigenvalue weighted by Crippen LogP contribution is -2.05. The molecule has 0 aliphatic heterocycles.